The third-order valence-corrected chi connectivity index (χ3v) is 7.55. The zero-order valence-electron chi connectivity index (χ0n) is 21.0. The Morgan fingerprint density at radius 3 is 2.55 bits per heavy atom. The van der Waals surface area contributed by atoms with Crippen LogP contribution in [0.4, 0.5) is 17.6 Å². The fourth-order valence-corrected chi connectivity index (χ4v) is 5.25. The van der Waals surface area contributed by atoms with E-state index in [1.807, 2.05) is 4.90 Å². The number of fused-ring (bicyclic) bond motifs is 1. The predicted octanol–water partition coefficient (Wildman–Crippen LogP) is 5.41. The molecule has 3 aromatic rings. The summed E-state index contributed by atoms with van der Waals surface area (Å²) in [4.78, 5) is 18.4. The van der Waals surface area contributed by atoms with E-state index in [0.29, 0.717) is 61.6 Å². The lowest BCUT2D eigenvalue weighted by Crippen LogP contribution is -2.44. The van der Waals surface area contributed by atoms with Gasteiger partial charge in [0.2, 0.25) is 0 Å². The Morgan fingerprint density at radius 2 is 1.87 bits per heavy atom. The van der Waals surface area contributed by atoms with Crippen LogP contribution < -0.4 is 4.74 Å². The number of methoxy groups -OCH3 is 1. The Labute approximate surface area is 217 Å². The van der Waals surface area contributed by atoms with Gasteiger partial charge in [-0.3, -0.25) is 9.78 Å². The van der Waals surface area contributed by atoms with Gasteiger partial charge in [-0.2, -0.15) is 0 Å². The lowest BCUT2D eigenvalue weighted by Gasteiger charge is -2.39. The van der Waals surface area contributed by atoms with Crippen LogP contribution in [0.15, 0.2) is 36.5 Å². The van der Waals surface area contributed by atoms with Crippen LogP contribution in [0.3, 0.4) is 0 Å². The number of ether oxygens (including phenoxy) is 1. The summed E-state index contributed by atoms with van der Waals surface area (Å²) >= 11 is 0. The number of carboxylic acid groups (broad SMARTS) is 1. The van der Waals surface area contributed by atoms with Crippen molar-refractivity contribution < 1.29 is 37.3 Å². The van der Waals surface area contributed by atoms with Gasteiger partial charge < -0.3 is 19.8 Å². The number of aromatic nitrogens is 1. The molecule has 38 heavy (non-hydrogen) atoms. The van der Waals surface area contributed by atoms with Crippen molar-refractivity contribution in [3.63, 3.8) is 0 Å². The SMILES string of the molecule is COc1ccc2ncc(F)c([C@@H](O)CCC3(C(=O)O)CCN(CCCc4cc(F)cc(F)c4F)CC3)c2c1. The highest BCUT2D eigenvalue weighted by Gasteiger charge is 2.41. The molecule has 1 atom stereocenters. The van der Waals surface area contributed by atoms with Crippen LogP contribution in [0.5, 0.6) is 5.75 Å². The Bertz CT molecular complexity index is 1310. The number of aryl methyl sites for hydroxylation is 1. The molecule has 1 fully saturated rings. The molecule has 1 aliphatic rings. The van der Waals surface area contributed by atoms with E-state index in [9.17, 15) is 32.6 Å². The number of rotatable bonds is 10. The van der Waals surface area contributed by atoms with E-state index in [4.69, 9.17) is 4.74 Å². The highest BCUT2D eigenvalue weighted by Crippen LogP contribution is 2.40. The highest BCUT2D eigenvalue weighted by atomic mass is 19.2. The minimum absolute atomic E-state index is 0.0260. The lowest BCUT2D eigenvalue weighted by atomic mass is 9.74. The summed E-state index contributed by atoms with van der Waals surface area (Å²) in [5.41, 5.74) is -0.551. The number of carboxylic acids is 1. The molecule has 0 aliphatic carbocycles. The van der Waals surface area contributed by atoms with Crippen LogP contribution in [-0.4, -0.2) is 52.8 Å². The van der Waals surface area contributed by atoms with Crippen molar-refractivity contribution >= 4 is 16.9 Å². The van der Waals surface area contributed by atoms with Crippen LogP contribution in [0.25, 0.3) is 10.9 Å². The average molecular weight is 535 g/mol. The number of pyridine rings is 1. The Hall–Kier alpha value is -3.24. The van der Waals surface area contributed by atoms with E-state index in [2.05, 4.69) is 4.98 Å². The zero-order valence-corrected chi connectivity index (χ0v) is 21.0. The topological polar surface area (TPSA) is 82.9 Å². The summed E-state index contributed by atoms with van der Waals surface area (Å²) in [5, 5.41) is 21.4. The molecule has 1 aromatic heterocycles. The molecule has 2 heterocycles. The molecule has 0 bridgehead atoms. The van der Waals surface area contributed by atoms with Crippen molar-refractivity contribution in [1.82, 2.24) is 9.88 Å². The normalized spacial score (nSPS) is 16.5. The number of aliphatic hydroxyl groups excluding tert-OH is 1. The van der Waals surface area contributed by atoms with E-state index in [-0.39, 0.29) is 30.4 Å². The molecule has 1 saturated heterocycles. The summed E-state index contributed by atoms with van der Waals surface area (Å²) in [6.45, 7) is 1.45. The fourth-order valence-electron chi connectivity index (χ4n) is 5.25. The molecule has 0 saturated carbocycles. The van der Waals surface area contributed by atoms with Crippen molar-refractivity contribution in [3.05, 3.63) is 70.9 Å². The molecule has 4 rings (SSSR count). The van der Waals surface area contributed by atoms with Gasteiger partial charge in [-0.1, -0.05) is 0 Å². The maximum Gasteiger partial charge on any atom is 0.309 e. The van der Waals surface area contributed by atoms with Crippen molar-refractivity contribution in [2.24, 2.45) is 5.41 Å². The number of hydrogen-bond donors (Lipinski definition) is 2. The Balaban J connectivity index is 1.37. The van der Waals surface area contributed by atoms with Gasteiger partial charge in [-0.25, -0.2) is 17.6 Å². The first-order valence-electron chi connectivity index (χ1n) is 12.5. The summed E-state index contributed by atoms with van der Waals surface area (Å²) in [6.07, 6.45) is 1.27. The Morgan fingerprint density at radius 1 is 1.13 bits per heavy atom. The van der Waals surface area contributed by atoms with E-state index in [1.165, 1.54) is 7.11 Å². The second-order valence-electron chi connectivity index (χ2n) is 9.85. The zero-order chi connectivity index (χ0) is 27.4. The molecule has 6 nitrogen and oxygen atoms in total. The monoisotopic (exact) mass is 534 g/mol. The number of aliphatic hydroxyl groups is 1. The van der Waals surface area contributed by atoms with Gasteiger partial charge in [0.05, 0.1) is 30.3 Å². The molecular formula is C28H30F4N2O4. The minimum Gasteiger partial charge on any atom is -0.497 e. The van der Waals surface area contributed by atoms with E-state index in [1.54, 1.807) is 18.2 Å². The number of carbonyl (C=O) groups is 1. The molecular weight excluding hydrogens is 504 g/mol. The van der Waals surface area contributed by atoms with Gasteiger partial charge in [0.15, 0.2) is 11.6 Å². The first-order chi connectivity index (χ1) is 18.1. The third kappa shape index (κ3) is 5.91. The van der Waals surface area contributed by atoms with Crippen LogP contribution >= 0.6 is 0 Å². The second-order valence-corrected chi connectivity index (χ2v) is 9.85. The average Bonchev–Trinajstić information content (AvgIpc) is 2.90. The van der Waals surface area contributed by atoms with Crippen molar-refractivity contribution in [2.75, 3.05) is 26.7 Å². The molecule has 2 aromatic carbocycles. The largest absolute Gasteiger partial charge is 0.497 e. The van der Waals surface area contributed by atoms with E-state index in [0.717, 1.165) is 12.3 Å². The summed E-state index contributed by atoms with van der Waals surface area (Å²) in [6, 6.07) is 6.44. The predicted molar refractivity (Wildman–Crippen MR) is 133 cm³/mol. The fraction of sp³-hybridized carbons (Fsp3) is 0.429. The highest BCUT2D eigenvalue weighted by molar-refractivity contribution is 5.84. The number of hydrogen-bond acceptors (Lipinski definition) is 5. The lowest BCUT2D eigenvalue weighted by molar-refractivity contribution is -0.153. The van der Waals surface area contributed by atoms with Crippen molar-refractivity contribution in [3.8, 4) is 5.75 Å². The molecule has 0 unspecified atom stereocenters. The standard InChI is InChI=1S/C28H30F4N2O4/c1-38-19-4-5-23-20(15-19)25(22(31)16-33-23)24(35)6-7-28(27(36)37)8-11-34(12-9-28)10-2-3-17-13-18(29)14-21(30)26(17)32/h4-5,13-16,24,35H,2-3,6-12H2,1H3,(H,36,37)/t24-/m0/s1. The molecule has 0 amide bonds. The molecule has 0 spiro atoms. The number of benzene rings is 2. The maximum absolute atomic E-state index is 14.7. The summed E-state index contributed by atoms with van der Waals surface area (Å²) in [5.74, 6) is -4.26. The van der Waals surface area contributed by atoms with Gasteiger partial charge in [-0.15, -0.1) is 0 Å². The molecule has 204 valence electrons. The minimum atomic E-state index is -1.23. The number of nitrogens with zero attached hydrogens (tertiary/aromatic N) is 2. The van der Waals surface area contributed by atoms with Crippen LogP contribution in [0, 0.1) is 28.7 Å². The van der Waals surface area contributed by atoms with Crippen LogP contribution in [-0.2, 0) is 11.2 Å². The van der Waals surface area contributed by atoms with E-state index >= 15 is 0 Å². The first-order valence-corrected chi connectivity index (χ1v) is 12.5. The van der Waals surface area contributed by atoms with Crippen molar-refractivity contribution in [2.45, 2.75) is 44.6 Å². The first kappa shape index (κ1) is 27.8. The van der Waals surface area contributed by atoms with Crippen LogP contribution in [0.1, 0.15) is 49.3 Å². The van der Waals surface area contributed by atoms with E-state index < -0.39 is 40.8 Å². The summed E-state index contributed by atoms with van der Waals surface area (Å²) in [7, 11) is 1.48. The molecule has 1 aliphatic heterocycles. The van der Waals surface area contributed by atoms with Crippen molar-refractivity contribution in [1.29, 1.82) is 0 Å². The molecule has 2 N–H and O–H groups in total. The van der Waals surface area contributed by atoms with Gasteiger partial charge >= 0.3 is 5.97 Å². The number of halogens is 4. The third-order valence-electron chi connectivity index (χ3n) is 7.55. The van der Waals surface area contributed by atoms with Gasteiger partial charge in [0.1, 0.15) is 17.4 Å². The Kier molecular flexibility index (Phi) is 8.52. The van der Waals surface area contributed by atoms with Crippen LogP contribution in [0.2, 0.25) is 0 Å². The summed E-state index contributed by atoms with van der Waals surface area (Å²) < 4.78 is 60.7. The smallest absolute Gasteiger partial charge is 0.309 e. The maximum atomic E-state index is 14.7. The number of piperidine rings is 1. The van der Waals surface area contributed by atoms with Gasteiger partial charge in [0.25, 0.3) is 0 Å². The quantitative estimate of drug-likeness (QED) is 0.267. The molecule has 0 radical (unpaired) electrons. The van der Waals surface area contributed by atoms with Gasteiger partial charge in [-0.05, 0) is 88.0 Å². The number of likely N-dealkylation sites (tertiary alicyclic amines) is 1. The second kappa shape index (κ2) is 11.7. The van der Waals surface area contributed by atoms with Gasteiger partial charge in [0, 0.05) is 17.0 Å². The molecule has 10 heteroatoms. The number of aliphatic carboxylic acids is 1.